The van der Waals surface area contributed by atoms with Gasteiger partial charge in [0.2, 0.25) is 0 Å². The van der Waals surface area contributed by atoms with Gasteiger partial charge in [0, 0.05) is 33.0 Å². The number of hydrogen-bond donors (Lipinski definition) is 1. The predicted octanol–water partition coefficient (Wildman–Crippen LogP) is 2.89. The van der Waals surface area contributed by atoms with Gasteiger partial charge in [-0.2, -0.15) is 13.2 Å². The van der Waals surface area contributed by atoms with Crippen LogP contribution in [0.3, 0.4) is 0 Å². The van der Waals surface area contributed by atoms with E-state index in [4.69, 9.17) is 4.74 Å². The van der Waals surface area contributed by atoms with Crippen LogP contribution in [0.1, 0.15) is 18.4 Å². The number of nitrogens with zero attached hydrogens (tertiary/aromatic N) is 1. The van der Waals surface area contributed by atoms with E-state index in [0.29, 0.717) is 31.7 Å². The fourth-order valence-corrected chi connectivity index (χ4v) is 2.25. The van der Waals surface area contributed by atoms with Gasteiger partial charge < -0.3 is 15.0 Å². The number of alkyl halides is 3. The average molecular weight is 302 g/mol. The molecule has 0 atom stereocenters. The van der Waals surface area contributed by atoms with Crippen LogP contribution in [0, 0.1) is 0 Å². The lowest BCUT2D eigenvalue weighted by atomic mass is 10.1. The molecule has 1 aliphatic rings. The number of hydrogen-bond acceptors (Lipinski definition) is 2. The highest BCUT2D eigenvalue weighted by Crippen LogP contribution is 2.30. The fraction of sp³-hybridized carbons (Fsp3) is 0.500. The number of carbonyl (C=O) groups excluding carboxylic acids is 1. The maximum absolute atomic E-state index is 12.4. The third kappa shape index (κ3) is 4.03. The molecule has 4 nitrogen and oxygen atoms in total. The zero-order valence-electron chi connectivity index (χ0n) is 11.6. The molecule has 21 heavy (non-hydrogen) atoms. The maximum atomic E-state index is 12.4. The zero-order chi connectivity index (χ0) is 15.5. The van der Waals surface area contributed by atoms with Gasteiger partial charge in [0.15, 0.2) is 0 Å². The van der Waals surface area contributed by atoms with E-state index < -0.39 is 11.7 Å². The Hall–Kier alpha value is -1.92. The Balaban J connectivity index is 1.88. The van der Waals surface area contributed by atoms with Crippen molar-refractivity contribution >= 4 is 6.03 Å². The highest BCUT2D eigenvalue weighted by atomic mass is 19.4. The van der Waals surface area contributed by atoms with Crippen LogP contribution in [0.15, 0.2) is 24.3 Å². The first-order valence-electron chi connectivity index (χ1n) is 6.70. The van der Waals surface area contributed by atoms with Crippen molar-refractivity contribution < 1.29 is 22.7 Å². The molecule has 2 rings (SSSR count). The average Bonchev–Trinajstić information content (AvgIpc) is 2.47. The van der Waals surface area contributed by atoms with Crippen molar-refractivity contribution in [1.29, 1.82) is 0 Å². The third-order valence-electron chi connectivity index (χ3n) is 3.43. The van der Waals surface area contributed by atoms with Crippen molar-refractivity contribution in [2.75, 3.05) is 20.1 Å². The van der Waals surface area contributed by atoms with Gasteiger partial charge in [0.05, 0.1) is 5.56 Å². The number of rotatable bonds is 2. The van der Waals surface area contributed by atoms with Crippen LogP contribution in [0.25, 0.3) is 0 Å². The molecule has 0 bridgehead atoms. The standard InChI is InChI=1S/C14H17F3N2O2/c1-18-13(20)19-8-6-12(7-9-19)21-11-4-2-10(3-5-11)14(15,16)17/h2-5,12H,6-9H2,1H3,(H,18,20). The lowest BCUT2D eigenvalue weighted by Crippen LogP contribution is -2.45. The van der Waals surface area contributed by atoms with E-state index in [1.807, 2.05) is 0 Å². The van der Waals surface area contributed by atoms with Crippen LogP contribution >= 0.6 is 0 Å². The smallest absolute Gasteiger partial charge is 0.416 e. The lowest BCUT2D eigenvalue weighted by molar-refractivity contribution is -0.137. The topological polar surface area (TPSA) is 41.6 Å². The van der Waals surface area contributed by atoms with Gasteiger partial charge in [0.25, 0.3) is 0 Å². The molecule has 0 aromatic heterocycles. The summed E-state index contributed by atoms with van der Waals surface area (Å²) in [5.41, 5.74) is -0.690. The van der Waals surface area contributed by atoms with Gasteiger partial charge in [-0.25, -0.2) is 4.79 Å². The van der Waals surface area contributed by atoms with E-state index >= 15 is 0 Å². The van der Waals surface area contributed by atoms with Crippen molar-refractivity contribution in [2.45, 2.75) is 25.1 Å². The van der Waals surface area contributed by atoms with Crippen molar-refractivity contribution in [3.8, 4) is 5.75 Å². The molecular weight excluding hydrogens is 285 g/mol. The van der Waals surface area contributed by atoms with E-state index in [1.165, 1.54) is 12.1 Å². The van der Waals surface area contributed by atoms with Crippen LogP contribution in [-0.2, 0) is 6.18 Å². The molecule has 0 unspecified atom stereocenters. The van der Waals surface area contributed by atoms with Crippen LogP contribution in [0.2, 0.25) is 0 Å². The summed E-state index contributed by atoms with van der Waals surface area (Å²) in [4.78, 5) is 13.1. The maximum Gasteiger partial charge on any atom is 0.416 e. The Morgan fingerprint density at radius 3 is 2.29 bits per heavy atom. The number of benzene rings is 1. The fourth-order valence-electron chi connectivity index (χ4n) is 2.25. The molecule has 116 valence electrons. The molecule has 2 amide bonds. The number of urea groups is 1. The minimum absolute atomic E-state index is 0.0809. The van der Waals surface area contributed by atoms with Crippen molar-refractivity contribution in [3.05, 3.63) is 29.8 Å². The first-order chi connectivity index (χ1) is 9.90. The molecule has 1 aromatic rings. The van der Waals surface area contributed by atoms with Crippen LogP contribution < -0.4 is 10.1 Å². The van der Waals surface area contributed by atoms with E-state index in [2.05, 4.69) is 5.32 Å². The summed E-state index contributed by atoms with van der Waals surface area (Å²) >= 11 is 0. The number of piperidine rings is 1. The van der Waals surface area contributed by atoms with Gasteiger partial charge >= 0.3 is 12.2 Å². The summed E-state index contributed by atoms with van der Waals surface area (Å²) in [6, 6.07) is 4.55. The summed E-state index contributed by atoms with van der Waals surface area (Å²) in [5, 5.41) is 2.56. The molecule has 0 radical (unpaired) electrons. The summed E-state index contributed by atoms with van der Waals surface area (Å²) in [6.45, 7) is 1.15. The Bertz CT molecular complexity index is 480. The molecule has 1 aliphatic heterocycles. The molecule has 0 saturated carbocycles. The highest BCUT2D eigenvalue weighted by molar-refractivity contribution is 5.73. The molecule has 1 aromatic carbocycles. The first-order valence-corrected chi connectivity index (χ1v) is 6.70. The monoisotopic (exact) mass is 302 g/mol. The number of halogens is 3. The largest absolute Gasteiger partial charge is 0.490 e. The predicted molar refractivity (Wildman–Crippen MR) is 71.1 cm³/mol. The second kappa shape index (κ2) is 6.24. The Kier molecular flexibility index (Phi) is 4.59. The SMILES string of the molecule is CNC(=O)N1CCC(Oc2ccc(C(F)(F)F)cc2)CC1. The third-order valence-corrected chi connectivity index (χ3v) is 3.43. The lowest BCUT2D eigenvalue weighted by Gasteiger charge is -2.31. The van der Waals surface area contributed by atoms with Crippen molar-refractivity contribution in [3.63, 3.8) is 0 Å². The summed E-state index contributed by atoms with van der Waals surface area (Å²) in [6.07, 6.45) is -3.09. The van der Waals surface area contributed by atoms with Gasteiger partial charge in [0.1, 0.15) is 11.9 Å². The van der Waals surface area contributed by atoms with Crippen molar-refractivity contribution in [2.24, 2.45) is 0 Å². The van der Waals surface area contributed by atoms with E-state index in [1.54, 1.807) is 11.9 Å². The van der Waals surface area contributed by atoms with Gasteiger partial charge in [-0.05, 0) is 24.3 Å². The summed E-state index contributed by atoms with van der Waals surface area (Å²) in [7, 11) is 1.58. The molecule has 1 saturated heterocycles. The molecule has 0 aliphatic carbocycles. The minimum Gasteiger partial charge on any atom is -0.490 e. The zero-order valence-corrected chi connectivity index (χ0v) is 11.6. The number of amides is 2. The number of ether oxygens (including phenoxy) is 1. The van der Waals surface area contributed by atoms with Gasteiger partial charge in [-0.1, -0.05) is 0 Å². The van der Waals surface area contributed by atoms with Gasteiger partial charge in [-0.3, -0.25) is 0 Å². The van der Waals surface area contributed by atoms with Gasteiger partial charge in [-0.15, -0.1) is 0 Å². The van der Waals surface area contributed by atoms with Crippen LogP contribution in [0.4, 0.5) is 18.0 Å². The molecule has 0 spiro atoms. The van der Waals surface area contributed by atoms with Crippen LogP contribution in [0.5, 0.6) is 5.75 Å². The molecule has 1 N–H and O–H groups in total. The summed E-state index contributed by atoms with van der Waals surface area (Å²) in [5.74, 6) is 0.418. The Labute approximate surface area is 120 Å². The second-order valence-electron chi connectivity index (χ2n) is 4.88. The first kappa shape index (κ1) is 15.5. The Morgan fingerprint density at radius 1 is 1.24 bits per heavy atom. The van der Waals surface area contributed by atoms with Crippen LogP contribution in [-0.4, -0.2) is 37.2 Å². The van der Waals surface area contributed by atoms with E-state index in [9.17, 15) is 18.0 Å². The second-order valence-corrected chi connectivity index (χ2v) is 4.88. The van der Waals surface area contributed by atoms with Crippen molar-refractivity contribution in [1.82, 2.24) is 10.2 Å². The quantitative estimate of drug-likeness (QED) is 0.912. The molecule has 1 fully saturated rings. The molecule has 7 heteroatoms. The normalized spacial score (nSPS) is 16.7. The minimum atomic E-state index is -4.34. The van der Waals surface area contributed by atoms with E-state index in [0.717, 1.165) is 12.1 Å². The molecular formula is C14H17F3N2O2. The van der Waals surface area contributed by atoms with E-state index in [-0.39, 0.29) is 12.1 Å². The Morgan fingerprint density at radius 2 is 1.81 bits per heavy atom. The number of nitrogens with one attached hydrogen (secondary N) is 1. The highest BCUT2D eigenvalue weighted by Gasteiger charge is 2.30. The number of carbonyl (C=O) groups is 1. The summed E-state index contributed by atoms with van der Waals surface area (Å²) < 4.78 is 43.0. The number of likely N-dealkylation sites (tertiary alicyclic amines) is 1. The molecule has 1 heterocycles.